The van der Waals surface area contributed by atoms with Gasteiger partial charge in [-0.1, -0.05) is 6.92 Å². The lowest BCUT2D eigenvalue weighted by atomic mass is 9.90. The van der Waals surface area contributed by atoms with Gasteiger partial charge in [0.05, 0.1) is 13.0 Å². The van der Waals surface area contributed by atoms with Crippen molar-refractivity contribution in [2.75, 3.05) is 19.8 Å². The molecule has 1 fully saturated rings. The molecule has 4 heteroatoms. The van der Waals surface area contributed by atoms with Gasteiger partial charge < -0.3 is 15.4 Å². The van der Waals surface area contributed by atoms with E-state index in [0.29, 0.717) is 31.7 Å². The lowest BCUT2D eigenvalue weighted by Gasteiger charge is -2.36. The van der Waals surface area contributed by atoms with Crippen molar-refractivity contribution in [3.05, 3.63) is 0 Å². The predicted molar refractivity (Wildman–Crippen MR) is 73.3 cm³/mol. The number of carbonyl (C=O) groups excluding carboxylic acids is 1. The fourth-order valence-corrected chi connectivity index (χ4v) is 2.61. The lowest BCUT2D eigenvalue weighted by Crippen LogP contribution is -2.44. The van der Waals surface area contributed by atoms with E-state index in [1.807, 2.05) is 6.92 Å². The number of nitrogens with zero attached hydrogens (tertiary/aromatic N) is 1. The molecule has 1 aliphatic carbocycles. The molecule has 4 nitrogen and oxygen atoms in total. The molecule has 0 radical (unpaired) electrons. The first-order valence-electron chi connectivity index (χ1n) is 7.31. The van der Waals surface area contributed by atoms with Crippen LogP contribution in [0, 0.1) is 0 Å². The summed E-state index contributed by atoms with van der Waals surface area (Å²) < 4.78 is 5.27. The van der Waals surface area contributed by atoms with Gasteiger partial charge in [0.15, 0.2) is 0 Å². The SMILES string of the molecule is CCCN(C(=O)CCOCC)C1CCC(N)CC1. The first-order valence-corrected chi connectivity index (χ1v) is 7.31. The minimum absolute atomic E-state index is 0.241. The molecule has 18 heavy (non-hydrogen) atoms. The van der Waals surface area contributed by atoms with Crippen molar-refractivity contribution in [1.29, 1.82) is 0 Å². The maximum absolute atomic E-state index is 12.2. The van der Waals surface area contributed by atoms with Crippen molar-refractivity contribution in [2.24, 2.45) is 5.73 Å². The van der Waals surface area contributed by atoms with E-state index in [4.69, 9.17) is 10.5 Å². The zero-order valence-corrected chi connectivity index (χ0v) is 11.9. The van der Waals surface area contributed by atoms with E-state index >= 15 is 0 Å². The Labute approximate surface area is 111 Å². The van der Waals surface area contributed by atoms with Crippen LogP contribution in [-0.2, 0) is 9.53 Å². The highest BCUT2D eigenvalue weighted by atomic mass is 16.5. The van der Waals surface area contributed by atoms with E-state index < -0.39 is 0 Å². The molecular formula is C14H28N2O2. The highest BCUT2D eigenvalue weighted by Crippen LogP contribution is 2.23. The molecule has 1 saturated carbocycles. The molecule has 0 unspecified atom stereocenters. The van der Waals surface area contributed by atoms with Gasteiger partial charge in [0.1, 0.15) is 0 Å². The van der Waals surface area contributed by atoms with E-state index in [-0.39, 0.29) is 5.91 Å². The Bertz CT molecular complexity index is 238. The van der Waals surface area contributed by atoms with Crippen molar-refractivity contribution in [2.45, 2.75) is 64.5 Å². The standard InChI is InChI=1S/C14H28N2O2/c1-3-10-16(14(17)9-11-18-4-2)13-7-5-12(15)6-8-13/h12-13H,3-11,15H2,1-2H3. The van der Waals surface area contributed by atoms with Gasteiger partial charge in [0, 0.05) is 25.2 Å². The van der Waals surface area contributed by atoms with Crippen molar-refractivity contribution in [1.82, 2.24) is 4.90 Å². The third kappa shape index (κ3) is 4.94. The molecular weight excluding hydrogens is 228 g/mol. The van der Waals surface area contributed by atoms with E-state index in [9.17, 15) is 4.79 Å². The summed E-state index contributed by atoms with van der Waals surface area (Å²) in [5.41, 5.74) is 5.92. The van der Waals surface area contributed by atoms with Crippen molar-refractivity contribution in [3.63, 3.8) is 0 Å². The Kier molecular flexibility index (Phi) is 7.28. The number of amides is 1. The van der Waals surface area contributed by atoms with Crippen molar-refractivity contribution < 1.29 is 9.53 Å². The summed E-state index contributed by atoms with van der Waals surface area (Å²) in [5.74, 6) is 0.241. The molecule has 0 atom stereocenters. The van der Waals surface area contributed by atoms with Gasteiger partial charge in [-0.15, -0.1) is 0 Å². The van der Waals surface area contributed by atoms with Gasteiger partial charge in [0.2, 0.25) is 5.91 Å². The van der Waals surface area contributed by atoms with Crippen LogP contribution in [0.4, 0.5) is 0 Å². The molecule has 0 aromatic rings. The van der Waals surface area contributed by atoms with Gasteiger partial charge in [0.25, 0.3) is 0 Å². The number of nitrogens with two attached hydrogens (primary N) is 1. The van der Waals surface area contributed by atoms with Gasteiger partial charge in [-0.2, -0.15) is 0 Å². The molecule has 1 amide bonds. The summed E-state index contributed by atoms with van der Waals surface area (Å²) in [4.78, 5) is 14.3. The summed E-state index contributed by atoms with van der Waals surface area (Å²) in [5, 5.41) is 0. The quantitative estimate of drug-likeness (QED) is 0.708. The largest absolute Gasteiger partial charge is 0.381 e. The average Bonchev–Trinajstić information content (AvgIpc) is 2.37. The molecule has 0 aliphatic heterocycles. The Morgan fingerprint density at radius 2 is 1.94 bits per heavy atom. The monoisotopic (exact) mass is 256 g/mol. The predicted octanol–water partition coefficient (Wildman–Crippen LogP) is 1.92. The Morgan fingerprint density at radius 3 is 2.50 bits per heavy atom. The average molecular weight is 256 g/mol. The Balaban J connectivity index is 2.44. The number of hydrogen-bond donors (Lipinski definition) is 1. The van der Waals surface area contributed by atoms with Crippen LogP contribution in [0.1, 0.15) is 52.4 Å². The maximum atomic E-state index is 12.2. The first kappa shape index (κ1) is 15.4. The summed E-state index contributed by atoms with van der Waals surface area (Å²) in [6, 6.07) is 0.738. The summed E-state index contributed by atoms with van der Waals surface area (Å²) in [7, 11) is 0. The van der Waals surface area contributed by atoms with E-state index in [2.05, 4.69) is 11.8 Å². The molecule has 1 aliphatic rings. The van der Waals surface area contributed by atoms with E-state index in [0.717, 1.165) is 38.6 Å². The van der Waals surface area contributed by atoms with E-state index in [1.54, 1.807) is 0 Å². The van der Waals surface area contributed by atoms with Crippen molar-refractivity contribution in [3.8, 4) is 0 Å². The van der Waals surface area contributed by atoms with Crippen LogP contribution in [-0.4, -0.2) is 42.6 Å². The zero-order chi connectivity index (χ0) is 13.4. The molecule has 0 aromatic heterocycles. The third-order valence-corrected chi connectivity index (χ3v) is 3.63. The summed E-state index contributed by atoms with van der Waals surface area (Å²) in [6.45, 7) is 6.17. The minimum atomic E-state index is 0.241. The third-order valence-electron chi connectivity index (χ3n) is 3.63. The normalized spacial score (nSPS) is 23.9. The van der Waals surface area contributed by atoms with Crippen LogP contribution < -0.4 is 5.73 Å². The number of carbonyl (C=O) groups is 1. The molecule has 0 heterocycles. The Morgan fingerprint density at radius 1 is 1.28 bits per heavy atom. The molecule has 0 saturated heterocycles. The van der Waals surface area contributed by atoms with Gasteiger partial charge in [-0.3, -0.25) is 4.79 Å². The van der Waals surface area contributed by atoms with Crippen LogP contribution in [0.15, 0.2) is 0 Å². The topological polar surface area (TPSA) is 55.6 Å². The number of ether oxygens (including phenoxy) is 1. The number of rotatable bonds is 7. The van der Waals surface area contributed by atoms with Crippen LogP contribution in [0.3, 0.4) is 0 Å². The van der Waals surface area contributed by atoms with Gasteiger partial charge >= 0.3 is 0 Å². The summed E-state index contributed by atoms with van der Waals surface area (Å²) in [6.07, 6.45) is 5.73. The van der Waals surface area contributed by atoms with Crippen molar-refractivity contribution >= 4 is 5.91 Å². The molecule has 0 aromatic carbocycles. The zero-order valence-electron chi connectivity index (χ0n) is 11.9. The molecule has 1 rings (SSSR count). The second kappa shape index (κ2) is 8.48. The van der Waals surface area contributed by atoms with Crippen LogP contribution in [0.5, 0.6) is 0 Å². The second-order valence-electron chi connectivity index (χ2n) is 5.10. The molecule has 106 valence electrons. The highest BCUT2D eigenvalue weighted by molar-refractivity contribution is 5.76. The fraction of sp³-hybridized carbons (Fsp3) is 0.929. The lowest BCUT2D eigenvalue weighted by molar-refractivity contribution is -0.135. The van der Waals surface area contributed by atoms with Crippen LogP contribution >= 0.6 is 0 Å². The van der Waals surface area contributed by atoms with Crippen LogP contribution in [0.2, 0.25) is 0 Å². The van der Waals surface area contributed by atoms with Gasteiger partial charge in [-0.25, -0.2) is 0 Å². The first-order chi connectivity index (χ1) is 8.69. The highest BCUT2D eigenvalue weighted by Gasteiger charge is 2.26. The number of hydrogen-bond acceptors (Lipinski definition) is 3. The second-order valence-corrected chi connectivity index (χ2v) is 5.10. The molecule has 0 spiro atoms. The minimum Gasteiger partial charge on any atom is -0.381 e. The summed E-state index contributed by atoms with van der Waals surface area (Å²) >= 11 is 0. The molecule has 0 bridgehead atoms. The van der Waals surface area contributed by atoms with E-state index in [1.165, 1.54) is 0 Å². The maximum Gasteiger partial charge on any atom is 0.225 e. The van der Waals surface area contributed by atoms with Crippen LogP contribution in [0.25, 0.3) is 0 Å². The Hall–Kier alpha value is -0.610. The fourth-order valence-electron chi connectivity index (χ4n) is 2.61. The molecule has 2 N–H and O–H groups in total. The smallest absolute Gasteiger partial charge is 0.225 e. The van der Waals surface area contributed by atoms with Gasteiger partial charge in [-0.05, 0) is 39.0 Å².